The van der Waals surface area contributed by atoms with Gasteiger partial charge >= 0.3 is 0 Å². The lowest BCUT2D eigenvalue weighted by Crippen LogP contribution is -2.37. The molecule has 1 aliphatic heterocycles. The molecule has 1 fully saturated rings. The average Bonchev–Trinajstić information content (AvgIpc) is 2.13. The molecule has 78 valence electrons. The molecule has 0 bridgehead atoms. The van der Waals surface area contributed by atoms with Crippen molar-refractivity contribution in [3.63, 3.8) is 0 Å². The van der Waals surface area contributed by atoms with Gasteiger partial charge in [-0.25, -0.2) is 0 Å². The van der Waals surface area contributed by atoms with Crippen LogP contribution in [0.2, 0.25) is 0 Å². The van der Waals surface area contributed by atoms with Crippen molar-refractivity contribution in [1.82, 2.24) is 4.90 Å². The summed E-state index contributed by atoms with van der Waals surface area (Å²) in [5.41, 5.74) is 0. The first-order valence-electron chi connectivity index (χ1n) is 5.23. The highest BCUT2D eigenvalue weighted by Crippen LogP contribution is 2.17. The molecule has 0 spiro atoms. The number of thioether (sulfide) groups is 1. The summed E-state index contributed by atoms with van der Waals surface area (Å²) in [6.45, 7) is 6.18. The van der Waals surface area contributed by atoms with Gasteiger partial charge in [-0.1, -0.05) is 13.3 Å². The summed E-state index contributed by atoms with van der Waals surface area (Å²) in [6, 6.07) is 0. The van der Waals surface area contributed by atoms with Crippen LogP contribution in [0.5, 0.6) is 0 Å². The largest absolute Gasteiger partial charge is 0.301 e. The molecule has 1 rings (SSSR count). The van der Waals surface area contributed by atoms with Gasteiger partial charge in [-0.2, -0.15) is 11.8 Å². The van der Waals surface area contributed by atoms with E-state index in [1.807, 2.05) is 0 Å². The van der Waals surface area contributed by atoms with Crippen LogP contribution < -0.4 is 0 Å². The summed E-state index contributed by atoms with van der Waals surface area (Å²) in [6.07, 6.45) is 3.80. The smallest absolute Gasteiger partial charge is 0.0223 e. The minimum atomic E-state index is 0.826. The monoisotopic (exact) mass is 221 g/mol. The number of halogens is 1. The second-order valence-electron chi connectivity index (χ2n) is 3.73. The molecule has 0 N–H and O–H groups in total. The van der Waals surface area contributed by atoms with Crippen molar-refractivity contribution in [3.05, 3.63) is 0 Å². The molecule has 1 unspecified atom stereocenters. The zero-order valence-electron chi connectivity index (χ0n) is 8.47. The van der Waals surface area contributed by atoms with Crippen molar-refractivity contribution in [2.24, 2.45) is 0 Å². The molecule has 1 atom stereocenters. The van der Waals surface area contributed by atoms with Crippen LogP contribution in [0, 0.1) is 0 Å². The van der Waals surface area contributed by atoms with E-state index in [0.717, 1.165) is 11.1 Å². The molecule has 1 aliphatic rings. The standard InChI is InChI=1S/C10H20ClNS/c1-10-9-12(7-8-13-10)6-4-2-3-5-11/h10H,2-9H2,1H3. The second kappa shape index (κ2) is 6.97. The quantitative estimate of drug-likeness (QED) is 0.519. The fourth-order valence-corrected chi connectivity index (χ4v) is 2.97. The van der Waals surface area contributed by atoms with Crippen molar-refractivity contribution < 1.29 is 0 Å². The highest BCUT2D eigenvalue weighted by atomic mass is 35.5. The van der Waals surface area contributed by atoms with Crippen LogP contribution in [0.25, 0.3) is 0 Å². The molecule has 1 nitrogen and oxygen atoms in total. The van der Waals surface area contributed by atoms with Gasteiger partial charge in [0.2, 0.25) is 0 Å². The Kier molecular flexibility index (Phi) is 6.26. The summed E-state index contributed by atoms with van der Waals surface area (Å²) in [7, 11) is 0. The third-order valence-electron chi connectivity index (χ3n) is 2.43. The van der Waals surface area contributed by atoms with E-state index >= 15 is 0 Å². The van der Waals surface area contributed by atoms with E-state index < -0.39 is 0 Å². The Bertz CT molecular complexity index is 132. The first-order chi connectivity index (χ1) is 6.33. The van der Waals surface area contributed by atoms with Gasteiger partial charge in [-0.3, -0.25) is 0 Å². The van der Waals surface area contributed by atoms with Crippen molar-refractivity contribution in [2.45, 2.75) is 31.4 Å². The Hall–Kier alpha value is 0.600. The van der Waals surface area contributed by atoms with Crippen LogP contribution in [-0.4, -0.2) is 41.4 Å². The molecule has 0 amide bonds. The van der Waals surface area contributed by atoms with Gasteiger partial charge in [0.1, 0.15) is 0 Å². The second-order valence-corrected chi connectivity index (χ2v) is 5.66. The van der Waals surface area contributed by atoms with Crippen molar-refractivity contribution in [1.29, 1.82) is 0 Å². The maximum absolute atomic E-state index is 5.63. The molecule has 1 saturated heterocycles. The van der Waals surface area contributed by atoms with Crippen molar-refractivity contribution in [2.75, 3.05) is 31.3 Å². The Morgan fingerprint density at radius 3 is 2.92 bits per heavy atom. The molecule has 0 aromatic rings. The number of alkyl halides is 1. The predicted octanol–water partition coefficient (Wildman–Crippen LogP) is 2.83. The van der Waals surface area contributed by atoms with Gasteiger partial charge in [0.25, 0.3) is 0 Å². The van der Waals surface area contributed by atoms with Crippen LogP contribution in [-0.2, 0) is 0 Å². The summed E-state index contributed by atoms with van der Waals surface area (Å²) in [5.74, 6) is 2.14. The first-order valence-corrected chi connectivity index (χ1v) is 6.81. The van der Waals surface area contributed by atoms with Crippen molar-refractivity contribution >= 4 is 23.4 Å². The summed E-state index contributed by atoms with van der Waals surface area (Å²) >= 11 is 7.73. The summed E-state index contributed by atoms with van der Waals surface area (Å²) in [4.78, 5) is 2.59. The Labute approximate surface area is 91.2 Å². The minimum Gasteiger partial charge on any atom is -0.301 e. The highest BCUT2D eigenvalue weighted by molar-refractivity contribution is 7.99. The molecular weight excluding hydrogens is 202 g/mol. The minimum absolute atomic E-state index is 0.826. The molecule has 13 heavy (non-hydrogen) atoms. The Morgan fingerprint density at radius 1 is 1.38 bits per heavy atom. The number of unbranched alkanes of at least 4 members (excludes halogenated alkanes) is 2. The average molecular weight is 222 g/mol. The highest BCUT2D eigenvalue weighted by Gasteiger charge is 2.15. The molecule has 1 heterocycles. The number of nitrogens with zero attached hydrogens (tertiary/aromatic N) is 1. The number of rotatable bonds is 5. The third kappa shape index (κ3) is 5.14. The number of hydrogen-bond donors (Lipinski definition) is 0. The van der Waals surface area contributed by atoms with E-state index in [4.69, 9.17) is 11.6 Å². The van der Waals surface area contributed by atoms with Crippen LogP contribution in [0.4, 0.5) is 0 Å². The molecular formula is C10H20ClNS. The van der Waals surface area contributed by atoms with Gasteiger partial charge < -0.3 is 4.90 Å². The van der Waals surface area contributed by atoms with Gasteiger partial charge in [0.15, 0.2) is 0 Å². The zero-order chi connectivity index (χ0) is 9.52. The lowest BCUT2D eigenvalue weighted by Gasteiger charge is -2.30. The first kappa shape index (κ1) is 11.7. The summed E-state index contributed by atoms with van der Waals surface area (Å²) in [5, 5.41) is 0.835. The van der Waals surface area contributed by atoms with Crippen LogP contribution >= 0.6 is 23.4 Å². The molecule has 0 aliphatic carbocycles. The zero-order valence-corrected chi connectivity index (χ0v) is 10.0. The lowest BCUT2D eigenvalue weighted by atomic mass is 10.2. The fraction of sp³-hybridized carbons (Fsp3) is 1.00. The van der Waals surface area contributed by atoms with Crippen LogP contribution in [0.3, 0.4) is 0 Å². The van der Waals surface area contributed by atoms with E-state index in [2.05, 4.69) is 23.6 Å². The maximum atomic E-state index is 5.63. The SMILES string of the molecule is CC1CN(CCCCCCl)CCS1. The molecule has 0 aromatic heterocycles. The molecule has 0 radical (unpaired) electrons. The Balaban J connectivity index is 2.00. The summed E-state index contributed by atoms with van der Waals surface area (Å²) < 4.78 is 0. The molecule has 0 aromatic carbocycles. The molecule has 0 saturated carbocycles. The van der Waals surface area contributed by atoms with Crippen LogP contribution in [0.1, 0.15) is 26.2 Å². The van der Waals surface area contributed by atoms with Gasteiger partial charge in [-0.15, -0.1) is 11.6 Å². The third-order valence-corrected chi connectivity index (χ3v) is 3.84. The van der Waals surface area contributed by atoms with Gasteiger partial charge in [0.05, 0.1) is 0 Å². The van der Waals surface area contributed by atoms with E-state index in [9.17, 15) is 0 Å². The Morgan fingerprint density at radius 2 is 2.23 bits per heavy atom. The van der Waals surface area contributed by atoms with E-state index in [-0.39, 0.29) is 0 Å². The predicted molar refractivity (Wildman–Crippen MR) is 62.9 cm³/mol. The van der Waals surface area contributed by atoms with E-state index in [1.54, 1.807) is 0 Å². The van der Waals surface area contributed by atoms with Gasteiger partial charge in [0, 0.05) is 30.0 Å². The van der Waals surface area contributed by atoms with Crippen LogP contribution in [0.15, 0.2) is 0 Å². The number of hydrogen-bond acceptors (Lipinski definition) is 2. The maximum Gasteiger partial charge on any atom is 0.0223 e. The van der Waals surface area contributed by atoms with Crippen molar-refractivity contribution in [3.8, 4) is 0 Å². The topological polar surface area (TPSA) is 3.24 Å². The lowest BCUT2D eigenvalue weighted by molar-refractivity contribution is 0.280. The fourth-order valence-electron chi connectivity index (χ4n) is 1.70. The van der Waals surface area contributed by atoms with E-state index in [0.29, 0.717) is 0 Å². The normalized spacial score (nSPS) is 24.9. The molecule has 3 heteroatoms. The van der Waals surface area contributed by atoms with Gasteiger partial charge in [-0.05, 0) is 19.4 Å². The van der Waals surface area contributed by atoms with E-state index in [1.165, 1.54) is 44.6 Å².